The predicted molar refractivity (Wildman–Crippen MR) is 61.9 cm³/mol. The maximum absolute atomic E-state index is 13.5. The molecule has 2 rings (SSSR count). The summed E-state index contributed by atoms with van der Waals surface area (Å²) >= 11 is 0. The van der Waals surface area contributed by atoms with Crippen molar-refractivity contribution in [2.75, 3.05) is 0 Å². The lowest BCUT2D eigenvalue weighted by atomic mass is 9.96. The summed E-state index contributed by atoms with van der Waals surface area (Å²) in [6.45, 7) is 0. The topological polar surface area (TPSA) is 20.2 Å². The molecule has 0 aliphatic heterocycles. The molecule has 6 heteroatoms. The van der Waals surface area contributed by atoms with Gasteiger partial charge in [-0.25, -0.2) is 8.78 Å². The molecule has 0 radical (unpaired) electrons. The Balaban J connectivity index is 2.58. The minimum atomic E-state index is -4.72. The first-order valence-corrected chi connectivity index (χ1v) is 5.60. The minimum absolute atomic E-state index is 0.594. The lowest BCUT2D eigenvalue weighted by Crippen LogP contribution is -2.14. The zero-order chi connectivity index (χ0) is 14.9. The summed E-state index contributed by atoms with van der Waals surface area (Å²) in [5, 5.41) is 9.92. The third kappa shape index (κ3) is 2.65. The summed E-state index contributed by atoms with van der Waals surface area (Å²) in [5.41, 5.74) is -2.52. The summed E-state index contributed by atoms with van der Waals surface area (Å²) in [6, 6.07) is 6.94. The van der Waals surface area contributed by atoms with Crippen LogP contribution < -0.4 is 0 Å². The quantitative estimate of drug-likeness (QED) is 0.826. The van der Waals surface area contributed by atoms with E-state index in [9.17, 15) is 27.1 Å². The number of aliphatic hydroxyl groups excluding tert-OH is 1. The highest BCUT2D eigenvalue weighted by Crippen LogP contribution is 2.37. The standard InChI is InChI=1S/C14H9F5O/c15-10-6-3-7-11(16)12(10)13(20)8-4-1-2-5-9(8)14(17,18)19/h1-7,13,20H. The normalized spacial score (nSPS) is 13.3. The van der Waals surface area contributed by atoms with Gasteiger partial charge in [-0.15, -0.1) is 0 Å². The van der Waals surface area contributed by atoms with Gasteiger partial charge < -0.3 is 5.11 Å². The highest BCUT2D eigenvalue weighted by molar-refractivity contribution is 5.38. The number of hydrogen-bond acceptors (Lipinski definition) is 1. The van der Waals surface area contributed by atoms with Crippen molar-refractivity contribution in [2.45, 2.75) is 12.3 Å². The van der Waals surface area contributed by atoms with E-state index >= 15 is 0 Å². The van der Waals surface area contributed by atoms with Gasteiger partial charge in [0.25, 0.3) is 0 Å². The molecule has 0 spiro atoms. The smallest absolute Gasteiger partial charge is 0.383 e. The molecule has 2 aromatic carbocycles. The lowest BCUT2D eigenvalue weighted by Gasteiger charge is -2.18. The molecule has 1 N–H and O–H groups in total. The second-order valence-electron chi connectivity index (χ2n) is 4.12. The lowest BCUT2D eigenvalue weighted by molar-refractivity contribution is -0.139. The Morgan fingerprint density at radius 1 is 0.850 bits per heavy atom. The van der Waals surface area contributed by atoms with Crippen molar-refractivity contribution in [3.8, 4) is 0 Å². The van der Waals surface area contributed by atoms with E-state index in [0.717, 1.165) is 36.4 Å². The summed E-state index contributed by atoms with van der Waals surface area (Å²) in [4.78, 5) is 0. The molecule has 2 aromatic rings. The number of benzene rings is 2. The van der Waals surface area contributed by atoms with Crippen LogP contribution in [0.25, 0.3) is 0 Å². The Morgan fingerprint density at radius 3 is 1.95 bits per heavy atom. The van der Waals surface area contributed by atoms with E-state index in [2.05, 4.69) is 0 Å². The first-order valence-electron chi connectivity index (χ1n) is 5.60. The number of hydrogen-bond donors (Lipinski definition) is 1. The Bertz CT molecular complexity index is 601. The number of rotatable bonds is 2. The molecule has 0 amide bonds. The first-order chi connectivity index (χ1) is 9.32. The van der Waals surface area contributed by atoms with Crippen molar-refractivity contribution >= 4 is 0 Å². The molecule has 0 heterocycles. The molecule has 1 atom stereocenters. The van der Waals surface area contributed by atoms with Gasteiger partial charge in [0.1, 0.15) is 17.7 Å². The van der Waals surface area contributed by atoms with E-state index in [0.29, 0.717) is 0 Å². The number of alkyl halides is 3. The van der Waals surface area contributed by atoms with Crippen molar-refractivity contribution in [1.29, 1.82) is 0 Å². The molecule has 0 saturated heterocycles. The van der Waals surface area contributed by atoms with Crippen LogP contribution in [0.2, 0.25) is 0 Å². The third-order valence-electron chi connectivity index (χ3n) is 2.83. The van der Waals surface area contributed by atoms with E-state index in [-0.39, 0.29) is 0 Å². The van der Waals surface area contributed by atoms with Crippen LogP contribution in [0.1, 0.15) is 22.8 Å². The molecule has 0 bridgehead atoms. The van der Waals surface area contributed by atoms with E-state index < -0.39 is 40.6 Å². The highest BCUT2D eigenvalue weighted by Gasteiger charge is 2.35. The monoisotopic (exact) mass is 288 g/mol. The fourth-order valence-electron chi connectivity index (χ4n) is 1.92. The van der Waals surface area contributed by atoms with Gasteiger partial charge in [0.15, 0.2) is 0 Å². The van der Waals surface area contributed by atoms with Crippen LogP contribution >= 0.6 is 0 Å². The van der Waals surface area contributed by atoms with Crippen LogP contribution in [-0.4, -0.2) is 5.11 Å². The molecule has 1 unspecified atom stereocenters. The molecular formula is C14H9F5O. The summed E-state index contributed by atoms with van der Waals surface area (Å²) in [5.74, 6) is -2.20. The van der Waals surface area contributed by atoms with Gasteiger partial charge in [-0.3, -0.25) is 0 Å². The van der Waals surface area contributed by atoms with Gasteiger partial charge >= 0.3 is 6.18 Å². The van der Waals surface area contributed by atoms with Gasteiger partial charge in [0.05, 0.1) is 11.1 Å². The molecular weight excluding hydrogens is 279 g/mol. The second-order valence-corrected chi connectivity index (χ2v) is 4.12. The maximum atomic E-state index is 13.5. The molecule has 1 nitrogen and oxygen atoms in total. The van der Waals surface area contributed by atoms with Crippen molar-refractivity contribution in [3.63, 3.8) is 0 Å². The van der Waals surface area contributed by atoms with E-state index in [4.69, 9.17) is 0 Å². The van der Waals surface area contributed by atoms with Gasteiger partial charge in [-0.2, -0.15) is 13.2 Å². The van der Waals surface area contributed by atoms with Crippen molar-refractivity contribution in [2.24, 2.45) is 0 Å². The van der Waals surface area contributed by atoms with E-state index in [1.54, 1.807) is 0 Å². The van der Waals surface area contributed by atoms with Crippen LogP contribution in [0.5, 0.6) is 0 Å². The van der Waals surface area contributed by atoms with Crippen molar-refractivity contribution in [3.05, 3.63) is 70.8 Å². The van der Waals surface area contributed by atoms with Crippen LogP contribution in [0.4, 0.5) is 22.0 Å². The zero-order valence-electron chi connectivity index (χ0n) is 9.96. The zero-order valence-corrected chi connectivity index (χ0v) is 9.96. The molecule has 0 aliphatic carbocycles. The van der Waals surface area contributed by atoms with E-state index in [1.165, 1.54) is 6.07 Å². The Labute approximate surface area is 111 Å². The second kappa shape index (κ2) is 5.20. The Hall–Kier alpha value is -1.95. The average molecular weight is 288 g/mol. The molecule has 0 saturated carbocycles. The first kappa shape index (κ1) is 14.5. The third-order valence-corrected chi connectivity index (χ3v) is 2.83. The van der Waals surface area contributed by atoms with Crippen molar-refractivity contribution < 1.29 is 27.1 Å². The van der Waals surface area contributed by atoms with Crippen molar-refractivity contribution in [1.82, 2.24) is 0 Å². The fraction of sp³-hybridized carbons (Fsp3) is 0.143. The fourth-order valence-corrected chi connectivity index (χ4v) is 1.92. The van der Waals surface area contributed by atoms with Gasteiger partial charge in [0.2, 0.25) is 0 Å². The number of halogens is 5. The molecule has 0 aliphatic rings. The highest BCUT2D eigenvalue weighted by atomic mass is 19.4. The molecule has 0 aromatic heterocycles. The van der Waals surface area contributed by atoms with E-state index in [1.807, 2.05) is 0 Å². The molecule has 20 heavy (non-hydrogen) atoms. The SMILES string of the molecule is OC(c1ccccc1C(F)(F)F)c1c(F)cccc1F. The summed E-state index contributed by atoms with van der Waals surface area (Å²) in [6.07, 6.45) is -6.76. The number of aliphatic hydroxyl groups is 1. The average Bonchev–Trinajstić information content (AvgIpc) is 2.37. The summed E-state index contributed by atoms with van der Waals surface area (Å²) < 4.78 is 65.5. The summed E-state index contributed by atoms with van der Waals surface area (Å²) in [7, 11) is 0. The van der Waals surface area contributed by atoms with Gasteiger partial charge in [-0.1, -0.05) is 24.3 Å². The van der Waals surface area contributed by atoms with Crippen LogP contribution in [0.3, 0.4) is 0 Å². The van der Waals surface area contributed by atoms with Crippen LogP contribution in [0.15, 0.2) is 42.5 Å². The molecule has 106 valence electrons. The largest absolute Gasteiger partial charge is 0.416 e. The Kier molecular flexibility index (Phi) is 3.76. The predicted octanol–water partition coefficient (Wildman–Crippen LogP) is 4.07. The Morgan fingerprint density at radius 2 is 1.40 bits per heavy atom. The molecule has 0 fully saturated rings. The van der Waals surface area contributed by atoms with Gasteiger partial charge in [-0.05, 0) is 23.8 Å². The maximum Gasteiger partial charge on any atom is 0.416 e. The van der Waals surface area contributed by atoms with Gasteiger partial charge in [0, 0.05) is 0 Å². The van der Waals surface area contributed by atoms with Crippen LogP contribution in [-0.2, 0) is 6.18 Å². The minimum Gasteiger partial charge on any atom is -0.383 e. The van der Waals surface area contributed by atoms with Crippen LogP contribution in [0, 0.1) is 11.6 Å².